The number of nitrogens with zero attached hydrogens (tertiary/aromatic N) is 4. The molecule has 0 radical (unpaired) electrons. The SMILES string of the molecule is CCCCOc1nc(N)c2c(n1)N(Cc1cccc(CN3CCCC3)c1)C1(CC1)C(O)N2. The molecule has 4 N–H and O–H groups in total. The molecular weight excluding hydrogens is 404 g/mol. The number of nitrogen functional groups attached to an aromatic ring is 1. The van der Waals surface area contributed by atoms with E-state index in [0.717, 1.165) is 38.0 Å². The van der Waals surface area contributed by atoms with Gasteiger partial charge in [0.1, 0.15) is 11.9 Å². The van der Waals surface area contributed by atoms with E-state index in [1.807, 2.05) is 0 Å². The van der Waals surface area contributed by atoms with Gasteiger partial charge in [0, 0.05) is 13.1 Å². The van der Waals surface area contributed by atoms with E-state index in [9.17, 15) is 5.11 Å². The van der Waals surface area contributed by atoms with Crippen LogP contribution in [0.25, 0.3) is 0 Å². The second kappa shape index (κ2) is 8.75. The molecule has 32 heavy (non-hydrogen) atoms. The maximum atomic E-state index is 10.9. The number of unbranched alkanes of at least 4 members (excludes halogenated alkanes) is 1. The highest BCUT2D eigenvalue weighted by Gasteiger charge is 2.57. The fraction of sp³-hybridized carbons (Fsp3) is 0.583. The van der Waals surface area contributed by atoms with E-state index in [1.54, 1.807) is 0 Å². The number of likely N-dealkylation sites (tertiary alicyclic amines) is 1. The van der Waals surface area contributed by atoms with Crippen LogP contribution in [0.2, 0.25) is 0 Å². The molecule has 1 aromatic carbocycles. The number of aromatic nitrogens is 2. The summed E-state index contributed by atoms with van der Waals surface area (Å²) < 4.78 is 5.78. The minimum Gasteiger partial charge on any atom is -0.463 e. The number of hydrogen-bond donors (Lipinski definition) is 3. The van der Waals surface area contributed by atoms with Crippen LogP contribution in [0.15, 0.2) is 24.3 Å². The van der Waals surface area contributed by atoms with Gasteiger partial charge in [-0.1, -0.05) is 37.6 Å². The van der Waals surface area contributed by atoms with E-state index >= 15 is 0 Å². The van der Waals surface area contributed by atoms with Crippen molar-refractivity contribution in [2.24, 2.45) is 0 Å². The van der Waals surface area contributed by atoms with Crippen molar-refractivity contribution < 1.29 is 9.84 Å². The quantitative estimate of drug-likeness (QED) is 0.541. The van der Waals surface area contributed by atoms with Crippen LogP contribution in [0.4, 0.5) is 17.3 Å². The zero-order chi connectivity index (χ0) is 22.1. The summed E-state index contributed by atoms with van der Waals surface area (Å²) in [6, 6.07) is 9.08. The number of anilines is 3. The van der Waals surface area contributed by atoms with Gasteiger partial charge in [-0.3, -0.25) is 4.90 Å². The lowest BCUT2D eigenvalue weighted by atomic mass is 10.0. The highest BCUT2D eigenvalue weighted by molar-refractivity contribution is 5.80. The van der Waals surface area contributed by atoms with Crippen molar-refractivity contribution >= 4 is 17.3 Å². The Hall–Kier alpha value is -2.58. The van der Waals surface area contributed by atoms with E-state index < -0.39 is 6.23 Å². The van der Waals surface area contributed by atoms with Crippen LogP contribution in [-0.4, -0.2) is 51.4 Å². The Morgan fingerprint density at radius 2 is 1.94 bits per heavy atom. The van der Waals surface area contributed by atoms with Crippen molar-refractivity contribution in [3.63, 3.8) is 0 Å². The van der Waals surface area contributed by atoms with Gasteiger partial charge in [-0.15, -0.1) is 0 Å². The number of rotatable bonds is 8. The number of nitrogens with one attached hydrogen (secondary N) is 1. The minimum atomic E-state index is -0.708. The molecule has 0 bridgehead atoms. The number of nitrogens with two attached hydrogens (primary N) is 1. The van der Waals surface area contributed by atoms with E-state index in [0.29, 0.717) is 30.7 Å². The van der Waals surface area contributed by atoms with E-state index in [4.69, 9.17) is 15.5 Å². The molecule has 2 fully saturated rings. The normalized spacial score (nSPS) is 21.4. The molecule has 3 heterocycles. The second-order valence-corrected chi connectivity index (χ2v) is 9.33. The largest absolute Gasteiger partial charge is 0.463 e. The van der Waals surface area contributed by atoms with Gasteiger partial charge in [-0.05, 0) is 56.3 Å². The van der Waals surface area contributed by atoms with Gasteiger partial charge in [0.15, 0.2) is 11.6 Å². The molecule has 172 valence electrons. The first-order valence-electron chi connectivity index (χ1n) is 11.9. The second-order valence-electron chi connectivity index (χ2n) is 9.33. The fourth-order valence-corrected chi connectivity index (χ4v) is 4.89. The third-order valence-electron chi connectivity index (χ3n) is 6.91. The Balaban J connectivity index is 1.43. The van der Waals surface area contributed by atoms with E-state index in [-0.39, 0.29) is 5.54 Å². The lowest BCUT2D eigenvalue weighted by Gasteiger charge is -2.42. The molecule has 8 nitrogen and oxygen atoms in total. The van der Waals surface area contributed by atoms with Gasteiger partial charge in [0.25, 0.3) is 0 Å². The van der Waals surface area contributed by atoms with Crippen LogP contribution in [0.3, 0.4) is 0 Å². The number of aliphatic hydroxyl groups excluding tert-OH is 1. The molecule has 1 saturated carbocycles. The third-order valence-corrected chi connectivity index (χ3v) is 6.91. The molecule has 1 spiro atoms. The van der Waals surface area contributed by atoms with Gasteiger partial charge < -0.3 is 25.8 Å². The van der Waals surface area contributed by atoms with Crippen LogP contribution in [-0.2, 0) is 13.1 Å². The summed E-state index contributed by atoms with van der Waals surface area (Å²) in [5.41, 5.74) is 9.02. The highest BCUT2D eigenvalue weighted by atomic mass is 16.5. The first-order chi connectivity index (χ1) is 15.6. The summed E-state index contributed by atoms with van der Waals surface area (Å²) >= 11 is 0. The molecule has 1 unspecified atom stereocenters. The van der Waals surface area contributed by atoms with Crippen LogP contribution in [0.5, 0.6) is 6.01 Å². The number of fused-ring (bicyclic) bond motifs is 1. The van der Waals surface area contributed by atoms with Crippen LogP contribution in [0, 0.1) is 0 Å². The Bertz CT molecular complexity index is 958. The van der Waals surface area contributed by atoms with Crippen molar-refractivity contribution in [2.45, 2.75) is 70.3 Å². The Morgan fingerprint density at radius 3 is 2.66 bits per heavy atom. The average molecular weight is 439 g/mol. The molecular formula is C24H34N6O2. The van der Waals surface area contributed by atoms with Gasteiger partial charge in [-0.2, -0.15) is 9.97 Å². The van der Waals surface area contributed by atoms with Crippen molar-refractivity contribution in [2.75, 3.05) is 35.6 Å². The average Bonchev–Trinajstić information content (AvgIpc) is 3.42. The van der Waals surface area contributed by atoms with Gasteiger partial charge in [-0.25, -0.2) is 0 Å². The monoisotopic (exact) mass is 438 g/mol. The molecule has 2 aliphatic heterocycles. The first-order valence-corrected chi connectivity index (χ1v) is 11.9. The Kier molecular flexibility index (Phi) is 5.82. The molecule has 1 aromatic heterocycles. The van der Waals surface area contributed by atoms with Gasteiger partial charge in [0.05, 0.1) is 12.1 Å². The molecule has 1 atom stereocenters. The van der Waals surface area contributed by atoms with E-state index in [1.165, 1.54) is 37.1 Å². The highest BCUT2D eigenvalue weighted by Crippen LogP contribution is 2.53. The maximum absolute atomic E-state index is 10.9. The summed E-state index contributed by atoms with van der Waals surface area (Å²) in [5.74, 6) is 1.03. The Labute approximate surface area is 189 Å². The number of aliphatic hydroxyl groups is 1. The number of benzene rings is 1. The minimum absolute atomic E-state index is 0.302. The Morgan fingerprint density at radius 1 is 1.19 bits per heavy atom. The zero-order valence-electron chi connectivity index (χ0n) is 18.9. The van der Waals surface area contributed by atoms with E-state index in [2.05, 4.69) is 51.3 Å². The first kappa shape index (κ1) is 21.3. The fourth-order valence-electron chi connectivity index (χ4n) is 4.89. The molecule has 8 heteroatoms. The van der Waals surface area contributed by atoms with Crippen LogP contribution < -0.4 is 20.7 Å². The summed E-state index contributed by atoms with van der Waals surface area (Å²) in [7, 11) is 0. The van der Waals surface area contributed by atoms with Crippen LogP contribution >= 0.6 is 0 Å². The topological polar surface area (TPSA) is 99.8 Å². The smallest absolute Gasteiger partial charge is 0.320 e. The predicted molar refractivity (Wildman–Crippen MR) is 126 cm³/mol. The van der Waals surface area contributed by atoms with Crippen molar-refractivity contribution in [3.05, 3.63) is 35.4 Å². The standard InChI is InChI=1S/C24H34N6O2/c1-2-3-13-32-23-27-20(25)19-21(28-23)30(24(9-10-24)22(31)26-19)16-18-8-6-7-17(14-18)15-29-11-4-5-12-29/h6-8,14,22,26,31H,2-5,9-13,15-16H2,1H3,(H2,25,27,28). The molecule has 0 amide bonds. The molecule has 5 rings (SSSR count). The summed E-state index contributed by atoms with van der Waals surface area (Å²) in [6.45, 7) is 6.69. The summed E-state index contributed by atoms with van der Waals surface area (Å²) in [6.07, 6.45) is 5.67. The maximum Gasteiger partial charge on any atom is 0.320 e. The van der Waals surface area contributed by atoms with Crippen molar-refractivity contribution in [1.29, 1.82) is 0 Å². The van der Waals surface area contributed by atoms with Crippen LogP contribution in [0.1, 0.15) is 56.6 Å². The lowest BCUT2D eigenvalue weighted by molar-refractivity contribution is 0.150. The predicted octanol–water partition coefficient (Wildman–Crippen LogP) is 3.12. The van der Waals surface area contributed by atoms with Gasteiger partial charge in [0.2, 0.25) is 0 Å². The summed E-state index contributed by atoms with van der Waals surface area (Å²) in [5, 5.41) is 14.1. The zero-order valence-corrected chi connectivity index (χ0v) is 18.9. The summed E-state index contributed by atoms with van der Waals surface area (Å²) in [4.78, 5) is 13.8. The number of hydrogen-bond acceptors (Lipinski definition) is 8. The molecule has 2 aromatic rings. The van der Waals surface area contributed by atoms with Gasteiger partial charge >= 0.3 is 6.01 Å². The number of ether oxygens (including phenoxy) is 1. The van der Waals surface area contributed by atoms with Crippen molar-refractivity contribution in [1.82, 2.24) is 14.9 Å². The van der Waals surface area contributed by atoms with Crippen molar-refractivity contribution in [3.8, 4) is 6.01 Å². The molecule has 3 aliphatic rings. The molecule has 1 aliphatic carbocycles. The lowest BCUT2D eigenvalue weighted by Crippen LogP contribution is -2.53. The third kappa shape index (κ3) is 4.09. The molecule has 1 saturated heterocycles.